The summed E-state index contributed by atoms with van der Waals surface area (Å²) in [6, 6.07) is 4.75. The second kappa shape index (κ2) is 6.23. The Kier molecular flexibility index (Phi) is 4.96. The summed E-state index contributed by atoms with van der Waals surface area (Å²) in [5.74, 6) is -0.391. The number of nitrogens with two attached hydrogens (primary N) is 1. The molecule has 0 saturated heterocycles. The third-order valence-corrected chi connectivity index (χ3v) is 5.28. The van der Waals surface area contributed by atoms with E-state index >= 15 is 0 Å². The second-order valence-electron chi connectivity index (χ2n) is 6.99. The molecule has 118 valence electrons. The number of hydrogen-bond acceptors (Lipinski definition) is 2. The summed E-state index contributed by atoms with van der Waals surface area (Å²) in [5.41, 5.74) is 7.34. The lowest BCUT2D eigenvalue weighted by Gasteiger charge is -2.46. The molecule has 2 N–H and O–H groups in total. The largest absolute Gasteiger partial charge is 0.377 e. The molecule has 1 aromatic rings. The van der Waals surface area contributed by atoms with E-state index in [9.17, 15) is 4.39 Å². The van der Waals surface area contributed by atoms with Crippen molar-refractivity contribution in [2.24, 2.45) is 11.1 Å². The third-order valence-electron chi connectivity index (χ3n) is 4.97. The summed E-state index contributed by atoms with van der Waals surface area (Å²) in [7, 11) is 1.74. The van der Waals surface area contributed by atoms with Crippen LogP contribution in [0, 0.1) is 11.2 Å². The van der Waals surface area contributed by atoms with E-state index in [1.807, 2.05) is 6.07 Å². The zero-order valence-electron chi connectivity index (χ0n) is 13.1. The zero-order valence-corrected chi connectivity index (χ0v) is 13.8. The molecule has 0 spiro atoms. The maximum absolute atomic E-state index is 13.5. The SMILES string of the molecule is COC1(C(N)Cc2ccc(Cl)c(F)c2)CCC(C)(C)CC1. The van der Waals surface area contributed by atoms with Crippen LogP contribution in [0.5, 0.6) is 0 Å². The molecular weight excluding hydrogens is 289 g/mol. The predicted molar refractivity (Wildman–Crippen MR) is 85.1 cm³/mol. The van der Waals surface area contributed by atoms with Crippen LogP contribution in [0.25, 0.3) is 0 Å². The zero-order chi connectivity index (χ0) is 15.7. The maximum atomic E-state index is 13.5. The monoisotopic (exact) mass is 313 g/mol. The highest BCUT2D eigenvalue weighted by Gasteiger charge is 2.42. The second-order valence-corrected chi connectivity index (χ2v) is 7.40. The Balaban J connectivity index is 2.10. The van der Waals surface area contributed by atoms with Crippen LogP contribution in [0.4, 0.5) is 4.39 Å². The quantitative estimate of drug-likeness (QED) is 0.897. The smallest absolute Gasteiger partial charge is 0.142 e. The van der Waals surface area contributed by atoms with Gasteiger partial charge in [-0.05, 0) is 55.2 Å². The molecular formula is C17H25ClFNO. The molecule has 0 radical (unpaired) electrons. The molecule has 0 aliphatic heterocycles. The van der Waals surface area contributed by atoms with Crippen molar-refractivity contribution in [1.29, 1.82) is 0 Å². The van der Waals surface area contributed by atoms with E-state index in [4.69, 9.17) is 22.1 Å². The molecule has 1 aromatic carbocycles. The molecule has 0 bridgehead atoms. The summed E-state index contributed by atoms with van der Waals surface area (Å²) < 4.78 is 19.4. The van der Waals surface area contributed by atoms with Gasteiger partial charge in [0.15, 0.2) is 0 Å². The molecule has 21 heavy (non-hydrogen) atoms. The van der Waals surface area contributed by atoms with Crippen molar-refractivity contribution in [3.8, 4) is 0 Å². The molecule has 1 atom stereocenters. The van der Waals surface area contributed by atoms with Crippen LogP contribution in [-0.4, -0.2) is 18.8 Å². The highest BCUT2D eigenvalue weighted by atomic mass is 35.5. The van der Waals surface area contributed by atoms with Gasteiger partial charge in [-0.15, -0.1) is 0 Å². The first-order valence-electron chi connectivity index (χ1n) is 7.53. The molecule has 2 nitrogen and oxygen atoms in total. The molecule has 2 rings (SSSR count). The van der Waals surface area contributed by atoms with Crippen molar-refractivity contribution in [2.45, 2.75) is 57.6 Å². The number of hydrogen-bond donors (Lipinski definition) is 1. The Morgan fingerprint density at radius 3 is 2.43 bits per heavy atom. The van der Waals surface area contributed by atoms with Crippen LogP contribution in [0.3, 0.4) is 0 Å². The van der Waals surface area contributed by atoms with Gasteiger partial charge in [0.2, 0.25) is 0 Å². The topological polar surface area (TPSA) is 35.2 Å². The number of rotatable bonds is 4. The van der Waals surface area contributed by atoms with E-state index in [2.05, 4.69) is 13.8 Å². The minimum absolute atomic E-state index is 0.140. The van der Waals surface area contributed by atoms with Crippen molar-refractivity contribution < 1.29 is 9.13 Å². The van der Waals surface area contributed by atoms with Crippen LogP contribution in [0.2, 0.25) is 5.02 Å². The molecule has 4 heteroatoms. The Morgan fingerprint density at radius 1 is 1.29 bits per heavy atom. The van der Waals surface area contributed by atoms with Gasteiger partial charge in [0.1, 0.15) is 5.82 Å². The maximum Gasteiger partial charge on any atom is 0.142 e. The number of ether oxygens (including phenoxy) is 1. The van der Waals surface area contributed by atoms with E-state index in [0.717, 1.165) is 31.2 Å². The van der Waals surface area contributed by atoms with Crippen LogP contribution >= 0.6 is 11.6 Å². The van der Waals surface area contributed by atoms with Gasteiger partial charge in [-0.1, -0.05) is 31.5 Å². The van der Waals surface area contributed by atoms with E-state index in [1.54, 1.807) is 13.2 Å². The van der Waals surface area contributed by atoms with Gasteiger partial charge in [0.25, 0.3) is 0 Å². The van der Waals surface area contributed by atoms with Crippen molar-refractivity contribution in [3.05, 3.63) is 34.6 Å². The van der Waals surface area contributed by atoms with Crippen LogP contribution in [0.1, 0.15) is 45.1 Å². The van der Waals surface area contributed by atoms with Crippen LogP contribution < -0.4 is 5.73 Å². The molecule has 1 aliphatic carbocycles. The van der Waals surface area contributed by atoms with Crippen molar-refractivity contribution in [2.75, 3.05) is 7.11 Å². The van der Waals surface area contributed by atoms with Crippen molar-refractivity contribution >= 4 is 11.6 Å². The summed E-state index contributed by atoms with van der Waals surface area (Å²) in [6.45, 7) is 4.57. The van der Waals surface area contributed by atoms with Crippen LogP contribution in [0.15, 0.2) is 18.2 Å². The van der Waals surface area contributed by atoms with E-state index < -0.39 is 5.82 Å². The van der Waals surface area contributed by atoms with E-state index in [1.165, 1.54) is 6.07 Å². The van der Waals surface area contributed by atoms with Gasteiger partial charge in [0.05, 0.1) is 10.6 Å². The molecule has 1 unspecified atom stereocenters. The van der Waals surface area contributed by atoms with E-state index in [-0.39, 0.29) is 16.7 Å². The van der Waals surface area contributed by atoms with Crippen molar-refractivity contribution in [1.82, 2.24) is 0 Å². The Morgan fingerprint density at radius 2 is 1.90 bits per heavy atom. The summed E-state index contributed by atoms with van der Waals surface area (Å²) in [6.07, 6.45) is 4.71. The molecule has 1 aliphatic rings. The fourth-order valence-electron chi connectivity index (χ4n) is 3.18. The fourth-order valence-corrected chi connectivity index (χ4v) is 3.30. The summed E-state index contributed by atoms with van der Waals surface area (Å²) >= 11 is 5.72. The number of benzene rings is 1. The summed E-state index contributed by atoms with van der Waals surface area (Å²) in [4.78, 5) is 0. The van der Waals surface area contributed by atoms with Crippen LogP contribution in [-0.2, 0) is 11.2 Å². The minimum atomic E-state index is -0.391. The van der Waals surface area contributed by atoms with Gasteiger partial charge >= 0.3 is 0 Å². The molecule has 1 saturated carbocycles. The molecule has 0 amide bonds. The Hall–Kier alpha value is -0.640. The summed E-state index contributed by atoms with van der Waals surface area (Å²) in [5, 5.41) is 0.146. The van der Waals surface area contributed by atoms with E-state index in [0.29, 0.717) is 11.8 Å². The Bertz CT molecular complexity index is 494. The first-order chi connectivity index (χ1) is 9.78. The standard InChI is InChI=1S/C17H25ClFNO/c1-16(2)6-8-17(21-3,9-7-16)15(20)11-12-4-5-13(18)14(19)10-12/h4-5,10,15H,6-9,11,20H2,1-3H3. The highest BCUT2D eigenvalue weighted by Crippen LogP contribution is 2.43. The average Bonchev–Trinajstić information content (AvgIpc) is 2.43. The Labute approximate surface area is 131 Å². The normalized spacial score (nSPS) is 22.0. The lowest BCUT2D eigenvalue weighted by atomic mass is 9.68. The lowest BCUT2D eigenvalue weighted by molar-refractivity contribution is -0.0781. The van der Waals surface area contributed by atoms with Gasteiger partial charge in [-0.2, -0.15) is 0 Å². The van der Waals surface area contributed by atoms with Gasteiger partial charge < -0.3 is 10.5 Å². The molecule has 0 heterocycles. The fraction of sp³-hybridized carbons (Fsp3) is 0.647. The average molecular weight is 314 g/mol. The highest BCUT2D eigenvalue weighted by molar-refractivity contribution is 6.30. The van der Waals surface area contributed by atoms with Gasteiger partial charge in [-0.25, -0.2) is 4.39 Å². The lowest BCUT2D eigenvalue weighted by Crippen LogP contribution is -2.53. The minimum Gasteiger partial charge on any atom is -0.377 e. The van der Waals surface area contributed by atoms with Gasteiger partial charge in [-0.3, -0.25) is 0 Å². The third kappa shape index (κ3) is 3.77. The first-order valence-corrected chi connectivity index (χ1v) is 7.90. The molecule has 0 aromatic heterocycles. The predicted octanol–water partition coefficient (Wildman–Crippen LogP) is 4.33. The number of halogens is 2. The first kappa shape index (κ1) is 16.7. The van der Waals surface area contributed by atoms with Crippen molar-refractivity contribution in [3.63, 3.8) is 0 Å². The molecule has 1 fully saturated rings. The van der Waals surface area contributed by atoms with Gasteiger partial charge in [0, 0.05) is 13.2 Å². The number of methoxy groups -OCH3 is 1.